The summed E-state index contributed by atoms with van der Waals surface area (Å²) in [6.07, 6.45) is 3.82. The zero-order chi connectivity index (χ0) is 14.3. The van der Waals surface area contributed by atoms with Crippen LogP contribution in [0.1, 0.15) is 39.2 Å². The van der Waals surface area contributed by atoms with E-state index >= 15 is 0 Å². The molecule has 0 aliphatic heterocycles. The highest BCUT2D eigenvalue weighted by atomic mass is 35.5. The van der Waals surface area contributed by atoms with Crippen LogP contribution in [-0.4, -0.2) is 12.1 Å². The molecule has 1 rings (SSSR count). The number of hydrogen-bond acceptors (Lipinski definition) is 2. The van der Waals surface area contributed by atoms with Gasteiger partial charge in [-0.3, -0.25) is 0 Å². The van der Waals surface area contributed by atoms with E-state index in [2.05, 4.69) is 32.7 Å². The van der Waals surface area contributed by atoms with Gasteiger partial charge in [-0.25, -0.2) is 0 Å². The molecule has 0 radical (unpaired) electrons. The summed E-state index contributed by atoms with van der Waals surface area (Å²) in [5.74, 6) is 0.755. The van der Waals surface area contributed by atoms with Crippen LogP contribution in [0.3, 0.4) is 0 Å². The van der Waals surface area contributed by atoms with Gasteiger partial charge in [0.25, 0.3) is 0 Å². The summed E-state index contributed by atoms with van der Waals surface area (Å²) in [7, 11) is 0. The molecule has 1 aromatic rings. The van der Waals surface area contributed by atoms with Crippen molar-refractivity contribution in [2.45, 2.75) is 45.7 Å². The zero-order valence-corrected chi connectivity index (χ0v) is 12.9. The highest BCUT2D eigenvalue weighted by molar-refractivity contribution is 6.32. The Labute approximate surface area is 121 Å². The molecule has 0 aliphatic rings. The van der Waals surface area contributed by atoms with Crippen molar-refractivity contribution in [3.05, 3.63) is 41.4 Å². The molecular formula is C16H24ClNO. The normalized spacial score (nSPS) is 11.4. The molecule has 106 valence electrons. The van der Waals surface area contributed by atoms with E-state index in [-0.39, 0.29) is 5.54 Å². The summed E-state index contributed by atoms with van der Waals surface area (Å²) in [4.78, 5) is 0. The third-order valence-corrected chi connectivity index (χ3v) is 2.92. The van der Waals surface area contributed by atoms with Crippen LogP contribution in [0.5, 0.6) is 5.75 Å². The Balaban J connectivity index is 2.51. The fourth-order valence-electron chi connectivity index (χ4n) is 1.55. The Morgan fingerprint density at radius 1 is 1.37 bits per heavy atom. The number of rotatable bonds is 7. The van der Waals surface area contributed by atoms with Crippen molar-refractivity contribution in [1.82, 2.24) is 5.32 Å². The highest BCUT2D eigenvalue weighted by Gasteiger charge is 2.09. The van der Waals surface area contributed by atoms with Gasteiger partial charge in [0.05, 0.1) is 11.6 Å². The van der Waals surface area contributed by atoms with Gasteiger partial charge in [0.15, 0.2) is 0 Å². The van der Waals surface area contributed by atoms with Gasteiger partial charge in [0.1, 0.15) is 5.75 Å². The van der Waals surface area contributed by atoms with Crippen molar-refractivity contribution in [2.75, 3.05) is 6.61 Å². The summed E-state index contributed by atoms with van der Waals surface area (Å²) < 4.78 is 5.64. The first-order valence-corrected chi connectivity index (χ1v) is 7.07. The van der Waals surface area contributed by atoms with Gasteiger partial charge in [0, 0.05) is 12.1 Å². The topological polar surface area (TPSA) is 21.3 Å². The van der Waals surface area contributed by atoms with Crippen LogP contribution >= 0.6 is 11.6 Å². The van der Waals surface area contributed by atoms with Crippen LogP contribution in [0.4, 0.5) is 0 Å². The van der Waals surface area contributed by atoms with E-state index in [1.165, 1.54) is 5.56 Å². The average Bonchev–Trinajstić information content (AvgIpc) is 2.33. The number of unbranched alkanes of at least 4 members (excludes halogenated alkanes) is 1. The quantitative estimate of drug-likeness (QED) is 0.584. The lowest BCUT2D eigenvalue weighted by Crippen LogP contribution is -2.35. The second-order valence-electron chi connectivity index (χ2n) is 5.65. The lowest BCUT2D eigenvalue weighted by Gasteiger charge is -2.20. The predicted molar refractivity (Wildman–Crippen MR) is 83.0 cm³/mol. The second-order valence-corrected chi connectivity index (χ2v) is 6.05. The summed E-state index contributed by atoms with van der Waals surface area (Å²) >= 11 is 6.22. The summed E-state index contributed by atoms with van der Waals surface area (Å²) in [5, 5.41) is 4.11. The van der Waals surface area contributed by atoms with E-state index in [1.807, 2.05) is 24.3 Å². The third kappa shape index (κ3) is 6.65. The van der Waals surface area contributed by atoms with E-state index in [0.29, 0.717) is 11.6 Å². The Hall–Kier alpha value is -0.990. The molecule has 0 aliphatic carbocycles. The van der Waals surface area contributed by atoms with Crippen molar-refractivity contribution in [1.29, 1.82) is 0 Å². The third-order valence-electron chi connectivity index (χ3n) is 2.63. The van der Waals surface area contributed by atoms with Gasteiger partial charge in [0.2, 0.25) is 0 Å². The number of allylic oxidation sites excluding steroid dienone is 1. The van der Waals surface area contributed by atoms with Crippen LogP contribution in [0, 0.1) is 0 Å². The minimum Gasteiger partial charge on any atom is -0.492 e. The molecular weight excluding hydrogens is 258 g/mol. The van der Waals surface area contributed by atoms with Crippen LogP contribution in [0.2, 0.25) is 5.02 Å². The Kier molecular flexibility index (Phi) is 6.40. The van der Waals surface area contributed by atoms with E-state index in [4.69, 9.17) is 16.3 Å². The molecule has 0 aromatic heterocycles. The zero-order valence-electron chi connectivity index (χ0n) is 12.1. The molecule has 0 spiro atoms. The first-order chi connectivity index (χ1) is 8.92. The number of benzene rings is 1. The molecule has 1 N–H and O–H groups in total. The van der Waals surface area contributed by atoms with Gasteiger partial charge < -0.3 is 10.1 Å². The molecule has 1 aromatic carbocycles. The number of hydrogen-bond donors (Lipinski definition) is 1. The van der Waals surface area contributed by atoms with Crippen molar-refractivity contribution in [2.24, 2.45) is 0 Å². The largest absolute Gasteiger partial charge is 0.492 e. The maximum Gasteiger partial charge on any atom is 0.137 e. The van der Waals surface area contributed by atoms with Crippen LogP contribution in [0.15, 0.2) is 30.9 Å². The molecule has 2 nitrogen and oxygen atoms in total. The Bertz CT molecular complexity index is 410. The average molecular weight is 282 g/mol. The standard InChI is InChI=1S/C16H24ClNO/c1-5-6-7-10-19-15-9-8-13(11-14(15)17)12-18-16(2,3)4/h5,8-9,11,18H,1,6-7,10,12H2,2-4H3. The van der Waals surface area contributed by atoms with Gasteiger partial charge in [-0.15, -0.1) is 6.58 Å². The van der Waals surface area contributed by atoms with Crippen molar-refractivity contribution < 1.29 is 4.74 Å². The van der Waals surface area contributed by atoms with Gasteiger partial charge in [-0.1, -0.05) is 23.7 Å². The van der Waals surface area contributed by atoms with E-state index in [9.17, 15) is 0 Å². The molecule has 0 heterocycles. The molecule has 0 amide bonds. The fraction of sp³-hybridized carbons (Fsp3) is 0.500. The summed E-state index contributed by atoms with van der Waals surface area (Å²) in [5.41, 5.74) is 1.27. The lowest BCUT2D eigenvalue weighted by atomic mass is 10.1. The van der Waals surface area contributed by atoms with E-state index in [1.54, 1.807) is 0 Å². The predicted octanol–water partition coefficient (Wildman–Crippen LogP) is 4.57. The Morgan fingerprint density at radius 2 is 2.11 bits per heavy atom. The minimum atomic E-state index is 0.104. The first kappa shape index (κ1) is 16.1. The number of nitrogens with one attached hydrogen (secondary N) is 1. The summed E-state index contributed by atoms with van der Waals surface area (Å²) in [6.45, 7) is 11.6. The van der Waals surface area contributed by atoms with Crippen molar-refractivity contribution in [3.63, 3.8) is 0 Å². The van der Waals surface area contributed by atoms with Crippen LogP contribution in [-0.2, 0) is 6.54 Å². The SMILES string of the molecule is C=CCCCOc1ccc(CNC(C)(C)C)cc1Cl. The van der Waals surface area contributed by atoms with Gasteiger partial charge >= 0.3 is 0 Å². The highest BCUT2D eigenvalue weighted by Crippen LogP contribution is 2.25. The minimum absolute atomic E-state index is 0.104. The Morgan fingerprint density at radius 3 is 2.68 bits per heavy atom. The molecule has 0 saturated carbocycles. The first-order valence-electron chi connectivity index (χ1n) is 6.69. The maximum absolute atomic E-state index is 6.22. The van der Waals surface area contributed by atoms with Crippen molar-refractivity contribution in [3.8, 4) is 5.75 Å². The van der Waals surface area contributed by atoms with Gasteiger partial charge in [-0.05, 0) is 51.3 Å². The second kappa shape index (κ2) is 7.56. The monoisotopic (exact) mass is 281 g/mol. The molecule has 19 heavy (non-hydrogen) atoms. The van der Waals surface area contributed by atoms with Gasteiger partial charge in [-0.2, -0.15) is 0 Å². The molecule has 0 saturated heterocycles. The molecule has 0 unspecified atom stereocenters. The molecule has 0 bridgehead atoms. The van der Waals surface area contributed by atoms with Crippen molar-refractivity contribution >= 4 is 11.6 Å². The summed E-state index contributed by atoms with van der Waals surface area (Å²) in [6, 6.07) is 5.95. The fourth-order valence-corrected chi connectivity index (χ4v) is 1.81. The molecule has 0 atom stereocenters. The van der Waals surface area contributed by atoms with Crippen LogP contribution in [0.25, 0.3) is 0 Å². The molecule has 0 fully saturated rings. The van der Waals surface area contributed by atoms with E-state index < -0.39 is 0 Å². The smallest absolute Gasteiger partial charge is 0.137 e. The lowest BCUT2D eigenvalue weighted by molar-refractivity contribution is 0.312. The van der Waals surface area contributed by atoms with E-state index in [0.717, 1.165) is 25.1 Å². The maximum atomic E-state index is 6.22. The molecule has 3 heteroatoms. The number of ether oxygens (including phenoxy) is 1. The number of halogens is 1. The van der Waals surface area contributed by atoms with Crippen LogP contribution < -0.4 is 10.1 Å².